The zero-order valence-electron chi connectivity index (χ0n) is 18.7. The van der Waals surface area contributed by atoms with Crippen LogP contribution in [0.3, 0.4) is 0 Å². The molecule has 7 nitrogen and oxygen atoms in total. The maximum atomic E-state index is 12.6. The van der Waals surface area contributed by atoms with Crippen LogP contribution < -0.4 is 4.90 Å². The molecule has 1 aromatic rings. The molecule has 0 radical (unpaired) electrons. The van der Waals surface area contributed by atoms with Gasteiger partial charge in [0.2, 0.25) is 11.8 Å². The van der Waals surface area contributed by atoms with Crippen LogP contribution in [0.4, 0.5) is 5.82 Å². The van der Waals surface area contributed by atoms with Crippen molar-refractivity contribution in [2.75, 3.05) is 44.2 Å². The van der Waals surface area contributed by atoms with Gasteiger partial charge in [0, 0.05) is 43.2 Å². The second kappa shape index (κ2) is 9.00. The van der Waals surface area contributed by atoms with Crippen LogP contribution in [0.15, 0.2) is 0 Å². The molecule has 4 heterocycles. The zero-order chi connectivity index (χ0) is 21.3. The Kier molecular flexibility index (Phi) is 6.37. The smallest absolute Gasteiger partial charge is 0.236 e. The highest BCUT2D eigenvalue weighted by Crippen LogP contribution is 2.33. The summed E-state index contributed by atoms with van der Waals surface area (Å²) in [6.45, 7) is 11.2. The van der Waals surface area contributed by atoms with Crippen molar-refractivity contribution in [3.8, 4) is 0 Å². The van der Waals surface area contributed by atoms with Crippen molar-refractivity contribution in [1.82, 2.24) is 19.8 Å². The quantitative estimate of drug-likeness (QED) is 0.742. The number of anilines is 1. The predicted molar refractivity (Wildman–Crippen MR) is 117 cm³/mol. The number of fused-ring (bicyclic) bond motifs is 1. The van der Waals surface area contributed by atoms with Gasteiger partial charge in [0.25, 0.3) is 0 Å². The number of hydrogen-bond donors (Lipinski definition) is 0. The third-order valence-electron chi connectivity index (χ3n) is 6.67. The second-order valence-corrected chi connectivity index (χ2v) is 9.51. The van der Waals surface area contributed by atoms with Crippen LogP contribution in [-0.4, -0.2) is 70.9 Å². The highest BCUT2D eigenvalue weighted by Gasteiger charge is 2.31. The van der Waals surface area contributed by atoms with Gasteiger partial charge in [-0.3, -0.25) is 19.4 Å². The number of carbonyl (C=O) groups excluding carboxylic acids is 2. The molecule has 0 unspecified atom stereocenters. The Morgan fingerprint density at radius 3 is 2.43 bits per heavy atom. The average molecular weight is 414 g/mol. The Labute approximate surface area is 179 Å². The molecular weight excluding hydrogens is 378 g/mol. The average Bonchev–Trinajstić information content (AvgIpc) is 3.23. The summed E-state index contributed by atoms with van der Waals surface area (Å²) >= 11 is 0. The first-order valence-electron chi connectivity index (χ1n) is 11.6. The number of carbonyl (C=O) groups is 2. The molecule has 164 valence electrons. The van der Waals surface area contributed by atoms with Crippen molar-refractivity contribution in [3.05, 3.63) is 17.1 Å². The van der Waals surface area contributed by atoms with Gasteiger partial charge in [0.15, 0.2) is 0 Å². The molecule has 1 aromatic heterocycles. The molecule has 0 aliphatic carbocycles. The molecule has 30 heavy (non-hydrogen) atoms. The molecule has 0 atom stereocenters. The van der Waals surface area contributed by atoms with Crippen LogP contribution in [0.25, 0.3) is 0 Å². The minimum Gasteiger partial charge on any atom is -0.342 e. The summed E-state index contributed by atoms with van der Waals surface area (Å²) < 4.78 is 0. The van der Waals surface area contributed by atoms with Gasteiger partial charge in [-0.1, -0.05) is 13.8 Å². The topological polar surface area (TPSA) is 69.6 Å². The van der Waals surface area contributed by atoms with E-state index in [-0.39, 0.29) is 17.7 Å². The first kappa shape index (κ1) is 21.2. The maximum Gasteiger partial charge on any atom is 0.236 e. The van der Waals surface area contributed by atoms with E-state index in [9.17, 15) is 9.59 Å². The van der Waals surface area contributed by atoms with Crippen molar-refractivity contribution in [2.45, 2.75) is 65.2 Å². The Hall–Kier alpha value is -2.02. The summed E-state index contributed by atoms with van der Waals surface area (Å²) in [7, 11) is 0. The first-order chi connectivity index (χ1) is 14.4. The van der Waals surface area contributed by atoms with Gasteiger partial charge in [0.05, 0.1) is 6.54 Å². The van der Waals surface area contributed by atoms with E-state index >= 15 is 0 Å². The summed E-state index contributed by atoms with van der Waals surface area (Å²) in [6, 6.07) is 0. The standard InChI is InChI=1S/C23H35N5O2/c1-16(2)14-28-20(29)7-6-19-17(3)24-22(25-23(19)28)18-8-12-27(13-9-18)21(30)15-26-10-4-5-11-26/h16,18H,4-15H2,1-3H3. The molecular formula is C23H35N5O2. The Balaban J connectivity index is 1.45. The van der Waals surface area contributed by atoms with Crippen molar-refractivity contribution in [2.24, 2.45) is 5.92 Å². The van der Waals surface area contributed by atoms with Crippen LogP contribution in [0.1, 0.15) is 69.0 Å². The van der Waals surface area contributed by atoms with Crippen molar-refractivity contribution in [3.63, 3.8) is 0 Å². The van der Waals surface area contributed by atoms with Gasteiger partial charge in [-0.15, -0.1) is 0 Å². The Bertz CT molecular complexity index is 795. The van der Waals surface area contributed by atoms with Crippen LogP contribution in [0.2, 0.25) is 0 Å². The van der Waals surface area contributed by atoms with Crippen LogP contribution in [-0.2, 0) is 16.0 Å². The third-order valence-corrected chi connectivity index (χ3v) is 6.67. The monoisotopic (exact) mass is 413 g/mol. The molecule has 0 bridgehead atoms. The molecule has 2 amide bonds. The van der Waals surface area contributed by atoms with Crippen LogP contribution in [0, 0.1) is 12.8 Å². The molecule has 3 aliphatic heterocycles. The van der Waals surface area contributed by atoms with E-state index in [0.717, 1.165) is 68.3 Å². The predicted octanol–water partition coefficient (Wildman–Crippen LogP) is 2.52. The Morgan fingerprint density at radius 2 is 1.77 bits per heavy atom. The third kappa shape index (κ3) is 4.51. The van der Waals surface area contributed by atoms with E-state index in [1.807, 2.05) is 16.7 Å². The molecule has 0 N–H and O–H groups in total. The fraction of sp³-hybridized carbons (Fsp3) is 0.739. The van der Waals surface area contributed by atoms with E-state index < -0.39 is 0 Å². The minimum absolute atomic E-state index is 0.169. The van der Waals surface area contributed by atoms with Gasteiger partial charge in [-0.2, -0.15) is 0 Å². The second-order valence-electron chi connectivity index (χ2n) is 9.51. The van der Waals surface area contributed by atoms with E-state index in [4.69, 9.17) is 9.97 Å². The summed E-state index contributed by atoms with van der Waals surface area (Å²) in [5, 5.41) is 0. The number of piperidine rings is 1. The highest BCUT2D eigenvalue weighted by atomic mass is 16.2. The van der Waals surface area contributed by atoms with E-state index in [1.165, 1.54) is 12.8 Å². The van der Waals surface area contributed by atoms with Crippen molar-refractivity contribution in [1.29, 1.82) is 0 Å². The van der Waals surface area contributed by atoms with Gasteiger partial charge in [-0.05, 0) is 58.0 Å². The molecule has 0 aromatic carbocycles. The summed E-state index contributed by atoms with van der Waals surface area (Å²) in [6.07, 6.45) is 5.48. The largest absolute Gasteiger partial charge is 0.342 e. The number of aryl methyl sites for hydroxylation is 1. The lowest BCUT2D eigenvalue weighted by molar-refractivity contribution is -0.133. The molecule has 0 saturated carbocycles. The van der Waals surface area contributed by atoms with Gasteiger partial charge in [-0.25, -0.2) is 9.97 Å². The summed E-state index contributed by atoms with van der Waals surface area (Å²) in [5.41, 5.74) is 2.13. The summed E-state index contributed by atoms with van der Waals surface area (Å²) in [5.74, 6) is 2.75. The fourth-order valence-electron chi connectivity index (χ4n) is 4.96. The minimum atomic E-state index is 0.169. The van der Waals surface area contributed by atoms with Gasteiger partial charge in [0.1, 0.15) is 11.6 Å². The highest BCUT2D eigenvalue weighted by molar-refractivity contribution is 5.95. The fourth-order valence-corrected chi connectivity index (χ4v) is 4.96. The normalized spacial score (nSPS) is 20.9. The molecule has 2 saturated heterocycles. The Morgan fingerprint density at radius 1 is 1.07 bits per heavy atom. The van der Waals surface area contributed by atoms with Gasteiger partial charge < -0.3 is 4.90 Å². The zero-order valence-corrected chi connectivity index (χ0v) is 18.7. The number of nitrogens with zero attached hydrogens (tertiary/aromatic N) is 5. The SMILES string of the molecule is Cc1nc(C2CCN(C(=O)CN3CCCC3)CC2)nc2c1CCC(=O)N2CC(C)C. The summed E-state index contributed by atoms with van der Waals surface area (Å²) in [4.78, 5) is 41.1. The number of aromatic nitrogens is 2. The van der Waals surface area contributed by atoms with E-state index in [1.54, 1.807) is 0 Å². The molecule has 2 fully saturated rings. The molecule has 0 spiro atoms. The van der Waals surface area contributed by atoms with E-state index in [0.29, 0.717) is 25.4 Å². The van der Waals surface area contributed by atoms with Crippen molar-refractivity contribution < 1.29 is 9.59 Å². The molecule has 7 heteroatoms. The van der Waals surface area contributed by atoms with Gasteiger partial charge >= 0.3 is 0 Å². The number of likely N-dealkylation sites (tertiary alicyclic amines) is 2. The number of hydrogen-bond acceptors (Lipinski definition) is 5. The lowest BCUT2D eigenvalue weighted by Crippen LogP contribution is -2.43. The lowest BCUT2D eigenvalue weighted by atomic mass is 9.94. The van der Waals surface area contributed by atoms with Crippen molar-refractivity contribution >= 4 is 17.6 Å². The maximum absolute atomic E-state index is 12.6. The number of amides is 2. The lowest BCUT2D eigenvalue weighted by Gasteiger charge is -2.34. The first-order valence-corrected chi connectivity index (χ1v) is 11.6. The van der Waals surface area contributed by atoms with E-state index in [2.05, 4.69) is 18.7 Å². The molecule has 4 rings (SSSR count). The van der Waals surface area contributed by atoms with Crippen LogP contribution in [0.5, 0.6) is 0 Å². The molecule has 3 aliphatic rings. The number of rotatable bonds is 5. The van der Waals surface area contributed by atoms with Crippen LogP contribution >= 0.6 is 0 Å².